The number of allylic oxidation sites excluding steroid dienone is 1. The van der Waals surface area contributed by atoms with Crippen LogP contribution in [0.2, 0.25) is 0 Å². The molecule has 0 spiro atoms. The minimum Gasteiger partial charge on any atom is -0.405 e. The Bertz CT molecular complexity index is 319. The summed E-state index contributed by atoms with van der Waals surface area (Å²) in [5.41, 5.74) is 5.38. The average molecular weight is 208 g/mol. The van der Waals surface area contributed by atoms with Crippen LogP contribution in [0.5, 0.6) is 0 Å². The molecule has 82 valence electrons. The monoisotopic (exact) mass is 208 g/mol. The minimum absolute atomic E-state index is 0.315. The smallest absolute Gasteiger partial charge is 0.148 e. The maximum absolute atomic E-state index is 12.8. The van der Waals surface area contributed by atoms with Gasteiger partial charge in [-0.2, -0.15) is 0 Å². The van der Waals surface area contributed by atoms with Gasteiger partial charge < -0.3 is 5.73 Å². The fourth-order valence-corrected chi connectivity index (χ4v) is 0.729. The Labute approximate surface area is 90.3 Å². The molecule has 3 heteroatoms. The van der Waals surface area contributed by atoms with Crippen molar-refractivity contribution >= 4 is 11.9 Å². The molecule has 0 heterocycles. The zero-order chi connectivity index (χ0) is 11.5. The van der Waals surface area contributed by atoms with Crippen molar-refractivity contribution in [2.24, 2.45) is 10.7 Å². The van der Waals surface area contributed by atoms with E-state index < -0.39 is 0 Å². The first kappa shape index (κ1) is 13.4. The summed E-state index contributed by atoms with van der Waals surface area (Å²) in [5, 5.41) is 0. The number of hydrogen-bond donors (Lipinski definition) is 1. The second kappa shape index (κ2) is 8.94. The quantitative estimate of drug-likeness (QED) is 0.743. The summed E-state index contributed by atoms with van der Waals surface area (Å²) in [5.74, 6) is -0.334. The van der Waals surface area contributed by atoms with Crippen molar-refractivity contribution in [1.82, 2.24) is 0 Å². The van der Waals surface area contributed by atoms with Gasteiger partial charge in [-0.1, -0.05) is 32.4 Å². The van der Waals surface area contributed by atoms with Crippen molar-refractivity contribution in [3.8, 4) is 0 Å². The Morgan fingerprint density at radius 2 is 1.93 bits per heavy atom. The van der Waals surface area contributed by atoms with Crippen LogP contribution in [0.1, 0.15) is 20.3 Å². The SMILES string of the molecule is CCC.N/C=C\C=Nc1ccccc1F. The summed E-state index contributed by atoms with van der Waals surface area (Å²) < 4.78 is 12.8. The van der Waals surface area contributed by atoms with Crippen LogP contribution in [0.4, 0.5) is 10.1 Å². The lowest BCUT2D eigenvalue weighted by molar-refractivity contribution is 0.630. The fraction of sp³-hybridized carbons (Fsp3) is 0.250. The molecule has 0 aliphatic carbocycles. The largest absolute Gasteiger partial charge is 0.405 e. The van der Waals surface area contributed by atoms with Crippen LogP contribution >= 0.6 is 0 Å². The molecule has 0 saturated carbocycles. The van der Waals surface area contributed by atoms with Gasteiger partial charge in [-0.05, 0) is 24.4 Å². The topological polar surface area (TPSA) is 38.4 Å². The number of para-hydroxylation sites is 1. The van der Waals surface area contributed by atoms with Crippen molar-refractivity contribution in [3.05, 3.63) is 42.4 Å². The zero-order valence-electron chi connectivity index (χ0n) is 9.15. The maximum Gasteiger partial charge on any atom is 0.148 e. The van der Waals surface area contributed by atoms with Gasteiger partial charge in [0.2, 0.25) is 0 Å². The number of benzene rings is 1. The van der Waals surface area contributed by atoms with E-state index in [1.165, 1.54) is 31.0 Å². The number of halogens is 1. The summed E-state index contributed by atoms with van der Waals surface area (Å²) in [7, 11) is 0. The molecule has 15 heavy (non-hydrogen) atoms. The van der Waals surface area contributed by atoms with E-state index in [1.807, 2.05) is 0 Å². The van der Waals surface area contributed by atoms with Crippen LogP contribution in [0.3, 0.4) is 0 Å². The highest BCUT2D eigenvalue weighted by molar-refractivity contribution is 5.74. The second-order valence-electron chi connectivity index (χ2n) is 2.82. The van der Waals surface area contributed by atoms with Crippen molar-refractivity contribution in [3.63, 3.8) is 0 Å². The van der Waals surface area contributed by atoms with Gasteiger partial charge in [0.25, 0.3) is 0 Å². The van der Waals surface area contributed by atoms with Crippen molar-refractivity contribution < 1.29 is 4.39 Å². The lowest BCUT2D eigenvalue weighted by atomic mass is 10.3. The first-order valence-corrected chi connectivity index (χ1v) is 4.91. The Kier molecular flexibility index (Phi) is 7.96. The highest BCUT2D eigenvalue weighted by Gasteiger charge is 1.94. The summed E-state index contributed by atoms with van der Waals surface area (Å²) in [6.45, 7) is 4.25. The lowest BCUT2D eigenvalue weighted by Crippen LogP contribution is -1.77. The number of nitrogens with zero attached hydrogens (tertiary/aromatic N) is 1. The molecule has 2 N–H and O–H groups in total. The highest BCUT2D eigenvalue weighted by Crippen LogP contribution is 2.15. The first-order valence-electron chi connectivity index (χ1n) is 4.91. The molecule has 0 bridgehead atoms. The van der Waals surface area contributed by atoms with E-state index in [4.69, 9.17) is 5.73 Å². The summed E-state index contributed by atoms with van der Waals surface area (Å²) in [4.78, 5) is 3.83. The molecule has 1 aromatic rings. The van der Waals surface area contributed by atoms with Crippen LogP contribution in [-0.2, 0) is 0 Å². The average Bonchev–Trinajstić information content (AvgIpc) is 2.22. The summed E-state index contributed by atoms with van der Waals surface area (Å²) in [6, 6.07) is 6.30. The third kappa shape index (κ3) is 6.43. The molecular formula is C12H17FN2. The van der Waals surface area contributed by atoms with Gasteiger partial charge in [0.15, 0.2) is 0 Å². The predicted octanol–water partition coefficient (Wildman–Crippen LogP) is 3.42. The molecule has 1 rings (SSSR count). The Balaban J connectivity index is 0.000000583. The molecule has 0 fully saturated rings. The van der Waals surface area contributed by atoms with Gasteiger partial charge in [0.1, 0.15) is 5.82 Å². The normalized spacial score (nSPS) is 10.3. The molecule has 0 aromatic heterocycles. The maximum atomic E-state index is 12.8. The van der Waals surface area contributed by atoms with Crippen molar-refractivity contribution in [2.45, 2.75) is 20.3 Å². The zero-order valence-corrected chi connectivity index (χ0v) is 9.15. The van der Waals surface area contributed by atoms with Gasteiger partial charge in [0, 0.05) is 6.21 Å². The number of aliphatic imine (C=N–C) groups is 1. The van der Waals surface area contributed by atoms with E-state index >= 15 is 0 Å². The predicted molar refractivity (Wildman–Crippen MR) is 63.8 cm³/mol. The van der Waals surface area contributed by atoms with E-state index in [-0.39, 0.29) is 5.82 Å². The lowest BCUT2D eigenvalue weighted by Gasteiger charge is -1.92. The van der Waals surface area contributed by atoms with E-state index in [9.17, 15) is 4.39 Å². The molecule has 0 unspecified atom stereocenters. The fourth-order valence-electron chi connectivity index (χ4n) is 0.729. The molecule has 0 saturated heterocycles. The van der Waals surface area contributed by atoms with Gasteiger partial charge >= 0.3 is 0 Å². The number of rotatable bonds is 2. The van der Waals surface area contributed by atoms with Crippen LogP contribution in [0.15, 0.2) is 41.5 Å². The minimum atomic E-state index is -0.334. The summed E-state index contributed by atoms with van der Waals surface area (Å²) >= 11 is 0. The molecule has 0 aliphatic heterocycles. The second-order valence-corrected chi connectivity index (χ2v) is 2.82. The Morgan fingerprint density at radius 1 is 1.33 bits per heavy atom. The van der Waals surface area contributed by atoms with Gasteiger partial charge in [-0.15, -0.1) is 0 Å². The van der Waals surface area contributed by atoms with Gasteiger partial charge in [-0.3, -0.25) is 4.99 Å². The molecule has 0 amide bonds. The van der Waals surface area contributed by atoms with E-state index in [0.29, 0.717) is 5.69 Å². The Morgan fingerprint density at radius 3 is 2.47 bits per heavy atom. The first-order chi connectivity index (χ1) is 7.26. The van der Waals surface area contributed by atoms with E-state index in [0.717, 1.165) is 0 Å². The third-order valence-electron chi connectivity index (χ3n) is 1.26. The molecular weight excluding hydrogens is 191 g/mol. The highest BCUT2D eigenvalue weighted by atomic mass is 19.1. The molecule has 0 radical (unpaired) electrons. The standard InChI is InChI=1S/C9H9FN2.C3H8/c10-8-4-1-2-5-9(8)12-7-3-6-11;1-3-2/h1-7H,11H2;3H2,1-2H3/b6-3-,12-7?;. The van der Waals surface area contributed by atoms with Crippen LogP contribution < -0.4 is 5.73 Å². The molecule has 0 atom stereocenters. The number of nitrogens with two attached hydrogens (primary N) is 1. The van der Waals surface area contributed by atoms with Crippen LogP contribution in [-0.4, -0.2) is 6.21 Å². The summed E-state index contributed by atoms with van der Waals surface area (Å²) in [6.07, 6.45) is 5.56. The van der Waals surface area contributed by atoms with Crippen molar-refractivity contribution in [2.75, 3.05) is 0 Å². The van der Waals surface area contributed by atoms with Crippen LogP contribution in [0, 0.1) is 5.82 Å². The van der Waals surface area contributed by atoms with Crippen molar-refractivity contribution in [1.29, 1.82) is 0 Å². The number of hydrogen-bond acceptors (Lipinski definition) is 2. The molecule has 1 aromatic carbocycles. The molecule has 2 nitrogen and oxygen atoms in total. The van der Waals surface area contributed by atoms with Gasteiger partial charge in [-0.25, -0.2) is 4.39 Å². The van der Waals surface area contributed by atoms with E-state index in [1.54, 1.807) is 18.2 Å². The molecule has 0 aliphatic rings. The van der Waals surface area contributed by atoms with Crippen LogP contribution in [0.25, 0.3) is 0 Å². The third-order valence-corrected chi connectivity index (χ3v) is 1.26. The van der Waals surface area contributed by atoms with Gasteiger partial charge in [0.05, 0.1) is 5.69 Å². The Hall–Kier alpha value is -1.64. The van der Waals surface area contributed by atoms with E-state index in [2.05, 4.69) is 18.8 Å².